The summed E-state index contributed by atoms with van der Waals surface area (Å²) in [6, 6.07) is 0. The fraction of sp³-hybridized carbons (Fsp3) is 0.125. The lowest BCUT2D eigenvalue weighted by molar-refractivity contribution is 0.0690. The lowest BCUT2D eigenvalue weighted by Crippen LogP contribution is -2.17. The number of aromatic carboxylic acids is 1. The third-order valence-electron chi connectivity index (χ3n) is 1.67. The number of carbonyl (C=O) groups is 2. The first kappa shape index (κ1) is 10.6. The minimum Gasteiger partial charge on any atom is -0.478 e. The first-order chi connectivity index (χ1) is 6.45. The molecule has 0 saturated heterocycles. The average molecular weight is 259 g/mol. The van der Waals surface area contributed by atoms with Gasteiger partial charge >= 0.3 is 5.97 Å². The monoisotopic (exact) mass is 258 g/mol. The van der Waals surface area contributed by atoms with Crippen molar-refractivity contribution in [1.29, 1.82) is 0 Å². The lowest BCUT2D eigenvalue weighted by atomic mass is 10.1. The van der Waals surface area contributed by atoms with Crippen molar-refractivity contribution in [1.82, 2.24) is 4.98 Å². The van der Waals surface area contributed by atoms with Crippen LogP contribution in [0.3, 0.4) is 0 Å². The van der Waals surface area contributed by atoms with Crippen molar-refractivity contribution in [3.05, 3.63) is 27.5 Å². The zero-order valence-corrected chi connectivity index (χ0v) is 8.83. The highest BCUT2D eigenvalue weighted by Gasteiger charge is 2.19. The van der Waals surface area contributed by atoms with Crippen molar-refractivity contribution in [2.24, 2.45) is 5.73 Å². The van der Waals surface area contributed by atoms with E-state index in [0.29, 0.717) is 5.69 Å². The highest BCUT2D eigenvalue weighted by Crippen LogP contribution is 2.22. The van der Waals surface area contributed by atoms with Gasteiger partial charge in [0.15, 0.2) is 0 Å². The standard InChI is InChI=1S/C8H7BrN2O3/c1-3-6(9)5(8(13)14)4(2-11-3)7(10)12/h2H,1H3,(H2,10,12)(H,13,14). The Morgan fingerprint density at radius 2 is 2.14 bits per heavy atom. The van der Waals surface area contributed by atoms with E-state index in [4.69, 9.17) is 10.8 Å². The van der Waals surface area contributed by atoms with E-state index in [1.54, 1.807) is 6.92 Å². The fourth-order valence-corrected chi connectivity index (χ4v) is 1.46. The quantitative estimate of drug-likeness (QED) is 0.826. The van der Waals surface area contributed by atoms with Gasteiger partial charge in [-0.25, -0.2) is 4.79 Å². The molecule has 0 aliphatic heterocycles. The molecule has 0 unspecified atom stereocenters. The van der Waals surface area contributed by atoms with Gasteiger partial charge in [0.05, 0.1) is 21.3 Å². The summed E-state index contributed by atoms with van der Waals surface area (Å²) in [6.07, 6.45) is 1.16. The van der Waals surface area contributed by atoms with Crippen LogP contribution in [-0.4, -0.2) is 22.0 Å². The Morgan fingerprint density at radius 1 is 1.57 bits per heavy atom. The highest BCUT2D eigenvalue weighted by atomic mass is 79.9. The van der Waals surface area contributed by atoms with Crippen LogP contribution in [0.4, 0.5) is 0 Å². The number of rotatable bonds is 2. The van der Waals surface area contributed by atoms with Gasteiger partial charge in [0.2, 0.25) is 0 Å². The van der Waals surface area contributed by atoms with Crippen LogP contribution in [0.1, 0.15) is 26.4 Å². The number of amides is 1. The summed E-state index contributed by atoms with van der Waals surface area (Å²) in [7, 11) is 0. The molecular weight excluding hydrogens is 252 g/mol. The molecule has 0 aliphatic carbocycles. The van der Waals surface area contributed by atoms with Gasteiger partial charge in [0.25, 0.3) is 5.91 Å². The number of carboxylic acids is 1. The molecule has 74 valence electrons. The van der Waals surface area contributed by atoms with E-state index in [-0.39, 0.29) is 15.6 Å². The van der Waals surface area contributed by atoms with Gasteiger partial charge in [0, 0.05) is 6.20 Å². The smallest absolute Gasteiger partial charge is 0.337 e. The van der Waals surface area contributed by atoms with E-state index in [2.05, 4.69) is 20.9 Å². The largest absolute Gasteiger partial charge is 0.478 e. The number of carboxylic acid groups (broad SMARTS) is 1. The molecule has 0 aliphatic rings. The van der Waals surface area contributed by atoms with Crippen LogP contribution in [0.15, 0.2) is 10.7 Å². The molecule has 0 fully saturated rings. The Kier molecular flexibility index (Phi) is 2.85. The second-order valence-corrected chi connectivity index (χ2v) is 3.41. The maximum Gasteiger partial charge on any atom is 0.337 e. The predicted molar refractivity (Wildman–Crippen MR) is 52.2 cm³/mol. The summed E-state index contributed by atoms with van der Waals surface area (Å²) in [5, 5.41) is 8.85. The van der Waals surface area contributed by atoms with Crippen LogP contribution in [-0.2, 0) is 0 Å². The average Bonchev–Trinajstić information content (AvgIpc) is 2.08. The van der Waals surface area contributed by atoms with Crippen LogP contribution < -0.4 is 5.73 Å². The summed E-state index contributed by atoms with van der Waals surface area (Å²) >= 11 is 3.05. The summed E-state index contributed by atoms with van der Waals surface area (Å²) in [5.41, 5.74) is 5.25. The Hall–Kier alpha value is -1.43. The Morgan fingerprint density at radius 3 is 2.57 bits per heavy atom. The second-order valence-electron chi connectivity index (χ2n) is 2.62. The molecule has 6 heteroatoms. The lowest BCUT2D eigenvalue weighted by Gasteiger charge is -2.05. The second kappa shape index (κ2) is 3.75. The van der Waals surface area contributed by atoms with E-state index in [1.807, 2.05) is 0 Å². The predicted octanol–water partition coefficient (Wildman–Crippen LogP) is 0.950. The SMILES string of the molecule is Cc1ncc(C(N)=O)c(C(=O)O)c1Br. The molecule has 0 aromatic carbocycles. The van der Waals surface area contributed by atoms with E-state index < -0.39 is 11.9 Å². The molecule has 3 N–H and O–H groups in total. The van der Waals surface area contributed by atoms with Crippen LogP contribution >= 0.6 is 15.9 Å². The van der Waals surface area contributed by atoms with Crippen molar-refractivity contribution < 1.29 is 14.7 Å². The number of halogens is 1. The zero-order chi connectivity index (χ0) is 10.9. The number of nitrogens with zero attached hydrogens (tertiary/aromatic N) is 1. The van der Waals surface area contributed by atoms with Gasteiger partial charge in [-0.05, 0) is 22.9 Å². The normalized spacial score (nSPS) is 9.86. The Balaban J connectivity index is 3.53. The van der Waals surface area contributed by atoms with Gasteiger partial charge in [0.1, 0.15) is 0 Å². The molecule has 14 heavy (non-hydrogen) atoms. The summed E-state index contributed by atoms with van der Waals surface area (Å²) in [6.45, 7) is 1.63. The van der Waals surface area contributed by atoms with Crippen LogP contribution in [0, 0.1) is 6.92 Å². The van der Waals surface area contributed by atoms with E-state index in [0.717, 1.165) is 6.20 Å². The minimum atomic E-state index is -1.21. The Labute approximate surface area is 88.1 Å². The van der Waals surface area contributed by atoms with E-state index >= 15 is 0 Å². The van der Waals surface area contributed by atoms with Crippen LogP contribution in [0.5, 0.6) is 0 Å². The number of aromatic nitrogens is 1. The van der Waals surface area contributed by atoms with Gasteiger partial charge in [-0.2, -0.15) is 0 Å². The molecule has 0 bridgehead atoms. The maximum atomic E-state index is 10.9. The molecular formula is C8H7BrN2O3. The third-order valence-corrected chi connectivity index (χ3v) is 2.64. The van der Waals surface area contributed by atoms with E-state index in [9.17, 15) is 9.59 Å². The molecule has 0 radical (unpaired) electrons. The molecule has 1 aromatic rings. The number of pyridine rings is 1. The van der Waals surface area contributed by atoms with Gasteiger partial charge in [-0.3, -0.25) is 9.78 Å². The van der Waals surface area contributed by atoms with Crippen LogP contribution in [0.2, 0.25) is 0 Å². The Bertz CT molecular complexity index is 417. The van der Waals surface area contributed by atoms with Crippen molar-refractivity contribution in [2.75, 3.05) is 0 Å². The molecule has 1 heterocycles. The summed E-state index contributed by atoms with van der Waals surface area (Å²) in [4.78, 5) is 25.6. The maximum absolute atomic E-state index is 10.9. The van der Waals surface area contributed by atoms with E-state index in [1.165, 1.54) is 0 Å². The van der Waals surface area contributed by atoms with Gasteiger partial charge in [-0.15, -0.1) is 0 Å². The molecule has 1 aromatic heterocycles. The first-order valence-corrected chi connectivity index (χ1v) is 4.42. The number of aryl methyl sites for hydroxylation is 1. The van der Waals surface area contributed by atoms with Crippen LogP contribution in [0.25, 0.3) is 0 Å². The third kappa shape index (κ3) is 1.74. The van der Waals surface area contributed by atoms with Crippen molar-refractivity contribution in [3.63, 3.8) is 0 Å². The molecule has 0 atom stereocenters. The number of primary amides is 1. The molecule has 0 saturated carbocycles. The summed E-state index contributed by atoms with van der Waals surface area (Å²) < 4.78 is 0.279. The van der Waals surface area contributed by atoms with Crippen molar-refractivity contribution >= 4 is 27.8 Å². The number of hydrogen-bond acceptors (Lipinski definition) is 3. The highest BCUT2D eigenvalue weighted by molar-refractivity contribution is 9.10. The minimum absolute atomic E-state index is 0.102. The summed E-state index contributed by atoms with van der Waals surface area (Å²) in [5.74, 6) is -2.02. The van der Waals surface area contributed by atoms with Crippen molar-refractivity contribution in [3.8, 4) is 0 Å². The molecule has 0 spiro atoms. The fourth-order valence-electron chi connectivity index (χ4n) is 0.978. The number of carbonyl (C=O) groups excluding carboxylic acids is 1. The molecule has 1 rings (SSSR count). The number of hydrogen-bond donors (Lipinski definition) is 2. The molecule has 1 amide bonds. The number of nitrogens with two attached hydrogens (primary N) is 1. The molecule has 5 nitrogen and oxygen atoms in total. The zero-order valence-electron chi connectivity index (χ0n) is 7.24. The van der Waals surface area contributed by atoms with Gasteiger partial charge in [-0.1, -0.05) is 0 Å². The topological polar surface area (TPSA) is 93.3 Å². The van der Waals surface area contributed by atoms with Crippen molar-refractivity contribution in [2.45, 2.75) is 6.92 Å². The first-order valence-electron chi connectivity index (χ1n) is 3.63. The van der Waals surface area contributed by atoms with Gasteiger partial charge < -0.3 is 10.8 Å².